The van der Waals surface area contributed by atoms with Crippen molar-refractivity contribution in [2.24, 2.45) is 23.7 Å². The quantitative estimate of drug-likeness (QED) is 0.383. The third-order valence-electron chi connectivity index (χ3n) is 5.51. The number of non-ortho nitro benzene ring substituents is 1. The number of nitro groups is 1. The third-order valence-corrected chi connectivity index (χ3v) is 5.51. The summed E-state index contributed by atoms with van der Waals surface area (Å²) >= 11 is 0. The molecule has 0 spiro atoms. The number of amides is 3. The number of fused-ring (bicyclic) bond motifs is 1. The van der Waals surface area contributed by atoms with Gasteiger partial charge in [-0.3, -0.25) is 29.4 Å². The first-order valence-electron chi connectivity index (χ1n) is 8.53. The molecule has 4 aliphatic rings. The Bertz CT molecular complexity index is 800. The molecule has 3 aliphatic carbocycles. The van der Waals surface area contributed by atoms with Crippen LogP contribution in [0, 0.1) is 33.8 Å². The Balaban J connectivity index is 1.44. The standard InChI is InChI=1S/C18H17N3O5/c22-14(19-12-5-7-13(8-6-12)21(25)26)9-20-17(23)15-10-1-2-11(4-3-10)16(15)18(20)24/h1-2,5-8,10-11,15-16H,3-4,9H2,(H,19,22)/t10-,11-,15+,16+/m0/s1. The maximum absolute atomic E-state index is 12.7. The van der Waals surface area contributed by atoms with Gasteiger partial charge in [-0.1, -0.05) is 12.2 Å². The number of likely N-dealkylation sites (tertiary alicyclic amines) is 1. The topological polar surface area (TPSA) is 110 Å². The van der Waals surface area contributed by atoms with E-state index in [4.69, 9.17) is 0 Å². The van der Waals surface area contributed by atoms with E-state index in [9.17, 15) is 24.5 Å². The molecule has 0 radical (unpaired) electrons. The van der Waals surface area contributed by atoms with E-state index < -0.39 is 10.8 Å². The maximum Gasteiger partial charge on any atom is 0.269 e. The molecule has 8 heteroatoms. The second-order valence-electron chi connectivity index (χ2n) is 6.96. The first-order valence-corrected chi connectivity index (χ1v) is 8.53. The molecule has 2 bridgehead atoms. The Labute approximate surface area is 149 Å². The second kappa shape index (κ2) is 6.05. The van der Waals surface area contributed by atoms with Crippen LogP contribution in [0.3, 0.4) is 0 Å². The van der Waals surface area contributed by atoms with Gasteiger partial charge >= 0.3 is 0 Å². The molecule has 1 heterocycles. The number of allylic oxidation sites excluding steroid dienone is 2. The number of nitrogens with zero attached hydrogens (tertiary/aromatic N) is 2. The summed E-state index contributed by atoms with van der Waals surface area (Å²) in [6.45, 7) is -0.332. The molecule has 8 nitrogen and oxygen atoms in total. The van der Waals surface area contributed by atoms with Crippen molar-refractivity contribution in [3.63, 3.8) is 0 Å². The highest BCUT2D eigenvalue weighted by Gasteiger charge is 2.56. The van der Waals surface area contributed by atoms with E-state index in [1.165, 1.54) is 24.3 Å². The molecule has 4 atom stereocenters. The van der Waals surface area contributed by atoms with Gasteiger partial charge in [0, 0.05) is 17.8 Å². The van der Waals surface area contributed by atoms with Crippen LogP contribution in [0.1, 0.15) is 12.8 Å². The van der Waals surface area contributed by atoms with Crippen molar-refractivity contribution >= 4 is 29.1 Å². The predicted octanol–water partition coefficient (Wildman–Crippen LogP) is 1.73. The zero-order chi connectivity index (χ0) is 18.4. The van der Waals surface area contributed by atoms with Crippen molar-refractivity contribution in [3.05, 3.63) is 46.5 Å². The van der Waals surface area contributed by atoms with Crippen molar-refractivity contribution in [1.82, 2.24) is 4.90 Å². The number of carbonyl (C=O) groups is 3. The maximum atomic E-state index is 12.7. The van der Waals surface area contributed by atoms with Crippen LogP contribution in [0.2, 0.25) is 0 Å². The Hall–Kier alpha value is -3.03. The fourth-order valence-electron chi connectivity index (χ4n) is 4.30. The molecule has 2 fully saturated rings. The van der Waals surface area contributed by atoms with E-state index in [2.05, 4.69) is 5.32 Å². The van der Waals surface area contributed by atoms with Crippen molar-refractivity contribution in [2.75, 3.05) is 11.9 Å². The first-order chi connectivity index (χ1) is 12.5. The van der Waals surface area contributed by atoms with Gasteiger partial charge in [0.15, 0.2) is 0 Å². The molecule has 1 saturated heterocycles. The van der Waals surface area contributed by atoms with Crippen LogP contribution in [0.4, 0.5) is 11.4 Å². The van der Waals surface area contributed by atoms with Crippen molar-refractivity contribution < 1.29 is 19.3 Å². The normalized spacial score (nSPS) is 29.0. The van der Waals surface area contributed by atoms with Crippen LogP contribution >= 0.6 is 0 Å². The fourth-order valence-corrected chi connectivity index (χ4v) is 4.30. The number of imide groups is 1. The third kappa shape index (κ3) is 2.58. The average molecular weight is 355 g/mol. The predicted molar refractivity (Wildman–Crippen MR) is 90.8 cm³/mol. The number of anilines is 1. The van der Waals surface area contributed by atoms with Gasteiger partial charge in [-0.2, -0.15) is 0 Å². The van der Waals surface area contributed by atoms with Crippen molar-refractivity contribution in [1.29, 1.82) is 0 Å². The number of benzene rings is 1. The highest BCUT2D eigenvalue weighted by Crippen LogP contribution is 2.49. The van der Waals surface area contributed by atoms with Gasteiger partial charge in [-0.25, -0.2) is 0 Å². The summed E-state index contributed by atoms with van der Waals surface area (Å²) in [5.74, 6) is -1.53. The van der Waals surface area contributed by atoms with Crippen LogP contribution in [-0.2, 0) is 14.4 Å². The molecule has 134 valence electrons. The molecule has 0 unspecified atom stereocenters. The number of hydrogen-bond acceptors (Lipinski definition) is 5. The van der Waals surface area contributed by atoms with E-state index in [1.807, 2.05) is 12.2 Å². The van der Waals surface area contributed by atoms with Gasteiger partial charge in [0.2, 0.25) is 17.7 Å². The Morgan fingerprint density at radius 3 is 2.08 bits per heavy atom. The molecule has 1 N–H and O–H groups in total. The van der Waals surface area contributed by atoms with E-state index in [-0.39, 0.29) is 47.7 Å². The van der Waals surface area contributed by atoms with Gasteiger partial charge in [0.1, 0.15) is 6.54 Å². The molecular weight excluding hydrogens is 338 g/mol. The van der Waals surface area contributed by atoms with Gasteiger partial charge in [0.05, 0.1) is 16.8 Å². The summed E-state index contributed by atoms with van der Waals surface area (Å²) in [6.07, 6.45) is 5.87. The lowest BCUT2D eigenvalue weighted by Gasteiger charge is -2.38. The van der Waals surface area contributed by atoms with Gasteiger partial charge < -0.3 is 5.32 Å². The largest absolute Gasteiger partial charge is 0.325 e. The van der Waals surface area contributed by atoms with Crippen molar-refractivity contribution in [2.45, 2.75) is 12.8 Å². The lowest BCUT2D eigenvalue weighted by atomic mass is 9.63. The summed E-state index contributed by atoms with van der Waals surface area (Å²) in [7, 11) is 0. The average Bonchev–Trinajstić information content (AvgIpc) is 2.90. The van der Waals surface area contributed by atoms with E-state index in [0.29, 0.717) is 5.69 Å². The molecule has 0 aromatic heterocycles. The molecule has 1 aromatic rings. The van der Waals surface area contributed by atoms with Crippen LogP contribution in [0.5, 0.6) is 0 Å². The molecule has 1 aliphatic heterocycles. The zero-order valence-corrected chi connectivity index (χ0v) is 13.8. The van der Waals surface area contributed by atoms with Crippen LogP contribution in [-0.4, -0.2) is 34.1 Å². The summed E-state index contributed by atoms with van der Waals surface area (Å²) in [5, 5.41) is 13.2. The summed E-state index contributed by atoms with van der Waals surface area (Å²) in [4.78, 5) is 48.8. The van der Waals surface area contributed by atoms with Gasteiger partial charge in [0.25, 0.3) is 5.69 Å². The van der Waals surface area contributed by atoms with Gasteiger partial charge in [-0.15, -0.1) is 0 Å². The number of carbonyl (C=O) groups excluding carboxylic acids is 3. The first kappa shape index (κ1) is 16.4. The smallest absolute Gasteiger partial charge is 0.269 e. The SMILES string of the molecule is O=C(CN1C(=O)[C@H]2[C@H](C1=O)[C@H]1C=C[C@H]2CC1)Nc1ccc([N+](=O)[O-])cc1. The minimum Gasteiger partial charge on any atom is -0.325 e. The number of nitrogens with one attached hydrogen (secondary N) is 1. The highest BCUT2D eigenvalue weighted by molar-refractivity contribution is 6.09. The minimum atomic E-state index is -0.531. The Morgan fingerprint density at radius 2 is 1.62 bits per heavy atom. The van der Waals surface area contributed by atoms with E-state index in [1.54, 1.807) is 0 Å². The zero-order valence-electron chi connectivity index (χ0n) is 13.8. The molecule has 26 heavy (non-hydrogen) atoms. The second-order valence-corrected chi connectivity index (χ2v) is 6.96. The summed E-state index contributed by atoms with van der Waals surface area (Å²) in [6, 6.07) is 5.38. The van der Waals surface area contributed by atoms with Gasteiger partial charge in [-0.05, 0) is 36.8 Å². The monoisotopic (exact) mass is 355 g/mol. The summed E-state index contributed by atoms with van der Waals surface area (Å²) < 4.78 is 0. The minimum absolute atomic E-state index is 0.0834. The fraction of sp³-hybridized carbons (Fsp3) is 0.389. The lowest BCUT2D eigenvalue weighted by molar-refractivity contribution is -0.384. The van der Waals surface area contributed by atoms with E-state index in [0.717, 1.165) is 17.7 Å². The molecule has 1 aromatic carbocycles. The highest BCUT2D eigenvalue weighted by atomic mass is 16.6. The number of hydrogen-bond donors (Lipinski definition) is 1. The van der Waals surface area contributed by atoms with E-state index >= 15 is 0 Å². The number of rotatable bonds is 4. The Morgan fingerprint density at radius 1 is 1.08 bits per heavy atom. The van der Waals surface area contributed by atoms with Crippen LogP contribution in [0.25, 0.3) is 0 Å². The number of nitro benzene ring substituents is 1. The molecule has 3 amide bonds. The molecular formula is C18H17N3O5. The lowest BCUT2D eigenvalue weighted by Crippen LogP contribution is -2.38. The van der Waals surface area contributed by atoms with Crippen LogP contribution < -0.4 is 5.32 Å². The molecule has 1 saturated carbocycles. The summed E-state index contributed by atoms with van der Waals surface area (Å²) in [5.41, 5.74) is 0.291. The van der Waals surface area contributed by atoms with Crippen molar-refractivity contribution in [3.8, 4) is 0 Å². The molecule has 5 rings (SSSR count). The van der Waals surface area contributed by atoms with Crippen LogP contribution in [0.15, 0.2) is 36.4 Å². The Kier molecular flexibility index (Phi) is 3.82.